The monoisotopic (exact) mass is 422 g/mol. The molecule has 0 saturated carbocycles. The third kappa shape index (κ3) is 5.85. The third-order valence-electron chi connectivity index (χ3n) is 4.56. The Labute approximate surface area is 176 Å². The Hall–Kier alpha value is -3.29. The predicted octanol–water partition coefficient (Wildman–Crippen LogP) is 4.51. The van der Waals surface area contributed by atoms with Crippen molar-refractivity contribution in [3.8, 4) is 0 Å². The Kier molecular flexibility index (Phi) is 6.76. The molecule has 154 valence electrons. The van der Waals surface area contributed by atoms with Crippen molar-refractivity contribution in [1.29, 1.82) is 0 Å². The van der Waals surface area contributed by atoms with Gasteiger partial charge in [0.1, 0.15) is 0 Å². The summed E-state index contributed by atoms with van der Waals surface area (Å²) in [6, 6.07) is 21.8. The van der Waals surface area contributed by atoms with Crippen LogP contribution in [0.3, 0.4) is 0 Å². The van der Waals surface area contributed by atoms with E-state index in [1.54, 1.807) is 42.5 Å². The minimum absolute atomic E-state index is 0.00429. The van der Waals surface area contributed by atoms with E-state index in [0.29, 0.717) is 6.42 Å². The van der Waals surface area contributed by atoms with Crippen LogP contribution in [0.2, 0.25) is 0 Å². The number of sulfonamides is 1. The summed E-state index contributed by atoms with van der Waals surface area (Å²) in [5.74, 6) is 0. The van der Waals surface area contributed by atoms with Gasteiger partial charge in [0.15, 0.2) is 0 Å². The Bertz CT molecular complexity index is 1120. The lowest BCUT2D eigenvalue weighted by atomic mass is 10.0. The van der Waals surface area contributed by atoms with Gasteiger partial charge in [-0.15, -0.1) is 0 Å². The quantitative estimate of drug-likeness (QED) is 0.427. The summed E-state index contributed by atoms with van der Waals surface area (Å²) in [4.78, 5) is 10.6. The third-order valence-corrected chi connectivity index (χ3v) is 6.07. The van der Waals surface area contributed by atoms with Gasteiger partial charge in [0, 0.05) is 18.2 Å². The largest absolute Gasteiger partial charge is 0.269 e. The summed E-state index contributed by atoms with van der Waals surface area (Å²) in [5.41, 5.74) is 2.70. The van der Waals surface area contributed by atoms with E-state index >= 15 is 0 Å². The summed E-state index contributed by atoms with van der Waals surface area (Å²) in [6.45, 7) is 1.89. The molecule has 3 aromatic carbocycles. The number of nitrogens with zero attached hydrogens (tertiary/aromatic N) is 1. The lowest BCUT2D eigenvalue weighted by Crippen LogP contribution is -2.35. The van der Waals surface area contributed by atoms with E-state index in [-0.39, 0.29) is 10.6 Å². The van der Waals surface area contributed by atoms with Gasteiger partial charge < -0.3 is 0 Å². The molecule has 6 nitrogen and oxygen atoms in total. The first-order chi connectivity index (χ1) is 14.3. The van der Waals surface area contributed by atoms with Crippen molar-refractivity contribution in [3.63, 3.8) is 0 Å². The van der Waals surface area contributed by atoms with Crippen LogP contribution in [-0.2, 0) is 16.4 Å². The van der Waals surface area contributed by atoms with Crippen molar-refractivity contribution in [2.45, 2.75) is 24.3 Å². The van der Waals surface area contributed by atoms with Gasteiger partial charge in [0.25, 0.3) is 5.69 Å². The van der Waals surface area contributed by atoms with Gasteiger partial charge in [-0.3, -0.25) is 10.1 Å². The molecule has 1 unspecified atom stereocenters. The Balaban J connectivity index is 1.85. The van der Waals surface area contributed by atoms with Crippen LogP contribution in [0.15, 0.2) is 89.8 Å². The van der Waals surface area contributed by atoms with Crippen LogP contribution in [0.1, 0.15) is 16.7 Å². The van der Waals surface area contributed by atoms with Crippen molar-refractivity contribution < 1.29 is 13.3 Å². The molecule has 3 rings (SSSR count). The van der Waals surface area contributed by atoms with E-state index in [0.717, 1.165) is 16.7 Å². The number of non-ortho nitro benzene ring substituents is 1. The molecule has 0 saturated heterocycles. The Morgan fingerprint density at radius 3 is 2.20 bits per heavy atom. The summed E-state index contributed by atoms with van der Waals surface area (Å²) in [5, 5.41) is 10.9. The lowest BCUT2D eigenvalue weighted by molar-refractivity contribution is -0.384. The van der Waals surface area contributed by atoms with E-state index < -0.39 is 21.0 Å². The molecule has 0 aromatic heterocycles. The minimum Gasteiger partial charge on any atom is -0.258 e. The number of nitro groups is 1. The predicted molar refractivity (Wildman–Crippen MR) is 118 cm³/mol. The first kappa shape index (κ1) is 21.4. The van der Waals surface area contributed by atoms with E-state index in [1.165, 1.54) is 12.1 Å². The summed E-state index contributed by atoms with van der Waals surface area (Å²) in [6.07, 6.45) is 4.00. The molecule has 0 bridgehead atoms. The van der Waals surface area contributed by atoms with Crippen LogP contribution < -0.4 is 4.72 Å². The number of rotatable bonds is 8. The molecule has 30 heavy (non-hydrogen) atoms. The van der Waals surface area contributed by atoms with Crippen molar-refractivity contribution in [3.05, 3.63) is 112 Å². The molecule has 0 amide bonds. The van der Waals surface area contributed by atoms with Gasteiger partial charge in [0.05, 0.1) is 9.82 Å². The maximum Gasteiger partial charge on any atom is 0.269 e. The summed E-state index contributed by atoms with van der Waals surface area (Å²) in [7, 11) is -3.73. The molecule has 0 radical (unpaired) electrons. The van der Waals surface area contributed by atoms with Gasteiger partial charge in [-0.2, -0.15) is 0 Å². The molecular weight excluding hydrogens is 400 g/mol. The highest BCUT2D eigenvalue weighted by molar-refractivity contribution is 7.89. The number of nitro benzene ring substituents is 1. The van der Waals surface area contributed by atoms with Crippen molar-refractivity contribution >= 4 is 21.8 Å². The molecule has 0 aliphatic rings. The van der Waals surface area contributed by atoms with Gasteiger partial charge in [-0.25, -0.2) is 13.1 Å². The molecule has 3 aromatic rings. The van der Waals surface area contributed by atoms with Crippen LogP contribution >= 0.6 is 0 Å². The van der Waals surface area contributed by atoms with E-state index in [4.69, 9.17) is 0 Å². The average molecular weight is 423 g/mol. The van der Waals surface area contributed by atoms with Crippen molar-refractivity contribution in [2.75, 3.05) is 0 Å². The maximum atomic E-state index is 12.9. The molecule has 0 fully saturated rings. The van der Waals surface area contributed by atoms with Crippen LogP contribution in [0.4, 0.5) is 5.69 Å². The number of hydrogen-bond donors (Lipinski definition) is 1. The van der Waals surface area contributed by atoms with E-state index in [9.17, 15) is 18.5 Å². The van der Waals surface area contributed by atoms with Gasteiger partial charge in [-0.1, -0.05) is 72.3 Å². The number of nitrogens with one attached hydrogen (secondary N) is 1. The van der Waals surface area contributed by atoms with Crippen LogP contribution in [0.25, 0.3) is 6.08 Å². The second kappa shape index (κ2) is 9.47. The van der Waals surface area contributed by atoms with Crippen molar-refractivity contribution in [2.24, 2.45) is 0 Å². The molecule has 1 atom stereocenters. The number of benzene rings is 3. The van der Waals surface area contributed by atoms with E-state index in [1.807, 2.05) is 43.3 Å². The molecule has 0 aliphatic heterocycles. The molecule has 7 heteroatoms. The summed E-state index contributed by atoms with van der Waals surface area (Å²) < 4.78 is 28.5. The Morgan fingerprint density at radius 1 is 0.967 bits per heavy atom. The number of aryl methyl sites for hydroxylation is 1. The van der Waals surface area contributed by atoms with Gasteiger partial charge >= 0.3 is 0 Å². The topological polar surface area (TPSA) is 89.3 Å². The molecule has 0 aliphatic carbocycles. The normalized spacial score (nSPS) is 12.7. The van der Waals surface area contributed by atoms with Crippen LogP contribution in [-0.4, -0.2) is 19.4 Å². The van der Waals surface area contributed by atoms with E-state index in [2.05, 4.69) is 4.72 Å². The fraction of sp³-hybridized carbons (Fsp3) is 0.130. The van der Waals surface area contributed by atoms with Crippen LogP contribution in [0, 0.1) is 17.0 Å². The second-order valence-corrected chi connectivity index (χ2v) is 8.65. The standard InChI is InChI=1S/C23H22N2O4S/c1-18-7-15-23(16-8-18)30(28,29)24-21(12-9-19-5-3-2-4-6-19)17-20-10-13-22(14-11-20)25(26)27/h2-16,21,24H,17H2,1H3/b12-9+. The van der Waals surface area contributed by atoms with Gasteiger partial charge in [0.2, 0.25) is 10.0 Å². The molecule has 1 N–H and O–H groups in total. The highest BCUT2D eigenvalue weighted by atomic mass is 32.2. The number of hydrogen-bond acceptors (Lipinski definition) is 4. The zero-order valence-corrected chi connectivity index (χ0v) is 17.2. The zero-order valence-electron chi connectivity index (χ0n) is 16.4. The first-order valence-corrected chi connectivity index (χ1v) is 10.9. The SMILES string of the molecule is Cc1ccc(S(=O)(=O)NC(/C=C/c2ccccc2)Cc2ccc([N+](=O)[O-])cc2)cc1. The van der Waals surface area contributed by atoms with Gasteiger partial charge in [-0.05, 0) is 36.6 Å². The van der Waals surface area contributed by atoms with Crippen molar-refractivity contribution in [1.82, 2.24) is 4.72 Å². The molecular formula is C23H22N2O4S. The fourth-order valence-corrected chi connectivity index (χ4v) is 4.12. The maximum absolute atomic E-state index is 12.9. The second-order valence-electron chi connectivity index (χ2n) is 6.94. The lowest BCUT2D eigenvalue weighted by Gasteiger charge is -2.16. The highest BCUT2D eigenvalue weighted by Gasteiger charge is 2.19. The fourth-order valence-electron chi connectivity index (χ4n) is 2.93. The smallest absolute Gasteiger partial charge is 0.258 e. The highest BCUT2D eigenvalue weighted by Crippen LogP contribution is 2.16. The zero-order chi connectivity index (χ0) is 21.6. The molecule has 0 heterocycles. The molecule has 0 spiro atoms. The minimum atomic E-state index is -3.73. The summed E-state index contributed by atoms with van der Waals surface area (Å²) >= 11 is 0. The Morgan fingerprint density at radius 2 is 1.60 bits per heavy atom. The first-order valence-electron chi connectivity index (χ1n) is 9.39. The average Bonchev–Trinajstić information content (AvgIpc) is 2.73. The van der Waals surface area contributed by atoms with Crippen LogP contribution in [0.5, 0.6) is 0 Å².